The molecule has 0 radical (unpaired) electrons. The first-order valence-corrected chi connectivity index (χ1v) is 8.36. The molecule has 1 aliphatic rings. The maximum Gasteiger partial charge on any atom is 0.311 e. The van der Waals surface area contributed by atoms with Gasteiger partial charge in [-0.05, 0) is 44.2 Å². The summed E-state index contributed by atoms with van der Waals surface area (Å²) in [5.41, 5.74) is -0.512. The van der Waals surface area contributed by atoms with Gasteiger partial charge in [0.1, 0.15) is 0 Å². The van der Waals surface area contributed by atoms with Crippen LogP contribution in [0.15, 0.2) is 23.1 Å². The van der Waals surface area contributed by atoms with E-state index in [2.05, 4.69) is 5.32 Å². The Balaban J connectivity index is 2.20. The standard InChI is InChI=1S/C15H18ClNO3S/c1-15(14(19)20)7-3-4-12(15)17-13(18)10-8-9(21-2)5-6-11(10)16/h5-6,8,12H,3-4,7H2,1-2H3,(H,17,18)(H,19,20). The number of hydrogen-bond donors (Lipinski definition) is 2. The Morgan fingerprint density at radius 3 is 2.81 bits per heavy atom. The number of thioether (sulfide) groups is 1. The van der Waals surface area contributed by atoms with E-state index in [0.29, 0.717) is 23.4 Å². The third kappa shape index (κ3) is 3.19. The van der Waals surface area contributed by atoms with E-state index in [4.69, 9.17) is 11.6 Å². The Bertz CT molecular complexity index is 578. The fourth-order valence-electron chi connectivity index (χ4n) is 2.70. The number of nitrogens with one attached hydrogen (secondary N) is 1. The Hall–Kier alpha value is -1.20. The quantitative estimate of drug-likeness (QED) is 0.831. The van der Waals surface area contributed by atoms with E-state index in [9.17, 15) is 14.7 Å². The van der Waals surface area contributed by atoms with Gasteiger partial charge in [-0.2, -0.15) is 0 Å². The summed E-state index contributed by atoms with van der Waals surface area (Å²) in [6, 6.07) is 4.90. The predicted molar refractivity (Wildman–Crippen MR) is 84.1 cm³/mol. The fraction of sp³-hybridized carbons (Fsp3) is 0.467. The molecule has 2 atom stereocenters. The van der Waals surface area contributed by atoms with Crippen LogP contribution in [-0.2, 0) is 4.79 Å². The van der Waals surface area contributed by atoms with Crippen LogP contribution in [0, 0.1) is 5.41 Å². The summed E-state index contributed by atoms with van der Waals surface area (Å²) >= 11 is 7.60. The van der Waals surface area contributed by atoms with Crippen molar-refractivity contribution in [2.45, 2.75) is 37.1 Å². The number of carboxylic acid groups (broad SMARTS) is 1. The molecule has 0 saturated heterocycles. The molecule has 1 aromatic rings. The van der Waals surface area contributed by atoms with Crippen LogP contribution < -0.4 is 5.32 Å². The van der Waals surface area contributed by atoms with Crippen LogP contribution in [0.5, 0.6) is 0 Å². The van der Waals surface area contributed by atoms with E-state index < -0.39 is 11.4 Å². The minimum absolute atomic E-state index is 0.310. The maximum atomic E-state index is 12.4. The number of carboxylic acids is 1. The Morgan fingerprint density at radius 2 is 2.19 bits per heavy atom. The van der Waals surface area contributed by atoms with Gasteiger partial charge in [-0.15, -0.1) is 11.8 Å². The van der Waals surface area contributed by atoms with Crippen molar-refractivity contribution < 1.29 is 14.7 Å². The van der Waals surface area contributed by atoms with Crippen LogP contribution in [0.3, 0.4) is 0 Å². The van der Waals surface area contributed by atoms with Gasteiger partial charge in [-0.25, -0.2) is 0 Å². The molecular formula is C15H18ClNO3S. The van der Waals surface area contributed by atoms with E-state index in [1.807, 2.05) is 12.3 Å². The topological polar surface area (TPSA) is 66.4 Å². The zero-order valence-electron chi connectivity index (χ0n) is 12.0. The highest BCUT2D eigenvalue weighted by molar-refractivity contribution is 7.98. The first kappa shape index (κ1) is 16.2. The molecule has 0 aliphatic heterocycles. The smallest absolute Gasteiger partial charge is 0.311 e. The van der Waals surface area contributed by atoms with Crippen molar-refractivity contribution in [3.8, 4) is 0 Å². The molecular weight excluding hydrogens is 310 g/mol. The van der Waals surface area contributed by atoms with Crippen LogP contribution in [0.4, 0.5) is 0 Å². The summed E-state index contributed by atoms with van der Waals surface area (Å²) in [4.78, 5) is 24.8. The molecule has 1 amide bonds. The van der Waals surface area contributed by atoms with Gasteiger partial charge in [0.2, 0.25) is 0 Å². The molecule has 4 nitrogen and oxygen atoms in total. The van der Waals surface area contributed by atoms with E-state index >= 15 is 0 Å². The Morgan fingerprint density at radius 1 is 1.48 bits per heavy atom. The Kier molecular flexibility index (Phi) is 4.84. The lowest BCUT2D eigenvalue weighted by atomic mass is 9.85. The van der Waals surface area contributed by atoms with Crippen LogP contribution >= 0.6 is 23.4 Å². The molecule has 2 N–H and O–H groups in total. The molecule has 0 aromatic heterocycles. The number of carbonyl (C=O) groups is 2. The number of carbonyl (C=O) groups excluding carboxylic acids is 1. The number of hydrogen-bond acceptors (Lipinski definition) is 3. The second-order valence-electron chi connectivity index (χ2n) is 5.49. The first-order valence-electron chi connectivity index (χ1n) is 6.76. The third-order valence-corrected chi connectivity index (χ3v) is 5.22. The predicted octanol–water partition coefficient (Wildman–Crippen LogP) is 3.44. The lowest BCUT2D eigenvalue weighted by Gasteiger charge is -2.27. The van der Waals surface area contributed by atoms with Gasteiger partial charge in [-0.1, -0.05) is 18.0 Å². The lowest BCUT2D eigenvalue weighted by molar-refractivity contribution is -0.148. The van der Waals surface area contributed by atoms with Crippen molar-refractivity contribution in [3.05, 3.63) is 28.8 Å². The molecule has 1 saturated carbocycles. The number of benzene rings is 1. The van der Waals surface area contributed by atoms with Crippen molar-refractivity contribution in [2.24, 2.45) is 5.41 Å². The maximum absolute atomic E-state index is 12.4. The third-order valence-electron chi connectivity index (χ3n) is 4.17. The minimum Gasteiger partial charge on any atom is -0.481 e. The number of halogens is 1. The van der Waals surface area contributed by atoms with Crippen molar-refractivity contribution >= 4 is 35.2 Å². The van der Waals surface area contributed by atoms with Crippen molar-refractivity contribution in [1.82, 2.24) is 5.32 Å². The molecule has 0 bridgehead atoms. The second kappa shape index (κ2) is 6.28. The fourth-order valence-corrected chi connectivity index (χ4v) is 3.34. The average Bonchev–Trinajstić information content (AvgIpc) is 2.82. The zero-order chi connectivity index (χ0) is 15.6. The molecule has 6 heteroatoms. The van der Waals surface area contributed by atoms with Gasteiger partial charge < -0.3 is 10.4 Å². The summed E-state index contributed by atoms with van der Waals surface area (Å²) in [6.45, 7) is 1.69. The van der Waals surface area contributed by atoms with Crippen molar-refractivity contribution in [1.29, 1.82) is 0 Å². The second-order valence-corrected chi connectivity index (χ2v) is 6.77. The van der Waals surface area contributed by atoms with E-state index in [1.165, 1.54) is 11.8 Å². The highest BCUT2D eigenvalue weighted by Gasteiger charge is 2.46. The van der Waals surface area contributed by atoms with Crippen LogP contribution in [-0.4, -0.2) is 29.3 Å². The van der Waals surface area contributed by atoms with Crippen LogP contribution in [0.2, 0.25) is 5.02 Å². The number of amides is 1. The van der Waals surface area contributed by atoms with Gasteiger partial charge in [0.25, 0.3) is 5.91 Å². The molecule has 2 rings (SSSR count). The molecule has 21 heavy (non-hydrogen) atoms. The van der Waals surface area contributed by atoms with E-state index in [-0.39, 0.29) is 11.9 Å². The molecule has 2 unspecified atom stereocenters. The summed E-state index contributed by atoms with van der Waals surface area (Å²) < 4.78 is 0. The lowest BCUT2D eigenvalue weighted by Crippen LogP contribution is -2.47. The summed E-state index contributed by atoms with van der Waals surface area (Å²) in [5, 5.41) is 12.6. The largest absolute Gasteiger partial charge is 0.481 e. The molecule has 0 spiro atoms. The van der Waals surface area contributed by atoms with E-state index in [0.717, 1.165) is 11.3 Å². The monoisotopic (exact) mass is 327 g/mol. The first-order chi connectivity index (χ1) is 9.88. The normalized spacial score (nSPS) is 24.8. The highest BCUT2D eigenvalue weighted by atomic mass is 35.5. The van der Waals surface area contributed by atoms with Gasteiger partial charge >= 0.3 is 5.97 Å². The summed E-state index contributed by atoms with van der Waals surface area (Å²) in [7, 11) is 0. The number of aliphatic carboxylic acids is 1. The molecule has 1 aliphatic carbocycles. The average molecular weight is 328 g/mol. The summed E-state index contributed by atoms with van der Waals surface area (Å²) in [6.07, 6.45) is 3.97. The highest BCUT2D eigenvalue weighted by Crippen LogP contribution is 2.38. The molecule has 0 heterocycles. The van der Waals surface area contributed by atoms with Crippen molar-refractivity contribution in [3.63, 3.8) is 0 Å². The zero-order valence-corrected chi connectivity index (χ0v) is 13.6. The van der Waals surface area contributed by atoms with Gasteiger partial charge in [-0.3, -0.25) is 9.59 Å². The molecule has 114 valence electrons. The Labute approximate surface area is 133 Å². The van der Waals surface area contributed by atoms with Gasteiger partial charge in [0.15, 0.2) is 0 Å². The van der Waals surface area contributed by atoms with E-state index in [1.54, 1.807) is 19.1 Å². The minimum atomic E-state index is -0.904. The molecule has 1 aromatic carbocycles. The van der Waals surface area contributed by atoms with Gasteiger partial charge in [0.05, 0.1) is 16.0 Å². The SMILES string of the molecule is CSc1ccc(Cl)c(C(=O)NC2CCCC2(C)C(=O)O)c1. The van der Waals surface area contributed by atoms with Crippen LogP contribution in [0.1, 0.15) is 36.5 Å². The summed E-state index contributed by atoms with van der Waals surface area (Å²) in [5.74, 6) is -1.18. The van der Waals surface area contributed by atoms with Crippen molar-refractivity contribution in [2.75, 3.05) is 6.26 Å². The van der Waals surface area contributed by atoms with Gasteiger partial charge in [0, 0.05) is 10.9 Å². The van der Waals surface area contributed by atoms with Crippen LogP contribution in [0.25, 0.3) is 0 Å². The number of rotatable bonds is 4. The molecule has 1 fully saturated rings.